The minimum absolute atomic E-state index is 0.00604. The van der Waals surface area contributed by atoms with Crippen molar-refractivity contribution in [3.63, 3.8) is 0 Å². The predicted molar refractivity (Wildman–Crippen MR) is 134 cm³/mol. The smallest absolute Gasteiger partial charge is 0.217 e. The number of halogens is 1. The highest BCUT2D eigenvalue weighted by Gasteiger charge is 2.25. The number of hydrogen-bond donors (Lipinski definition) is 2. The first-order valence-electron chi connectivity index (χ1n) is 11.7. The zero-order valence-electron chi connectivity index (χ0n) is 19.9. The number of amides is 1. The molecule has 11 heteroatoms. The summed E-state index contributed by atoms with van der Waals surface area (Å²) in [5.74, 6) is -0.272. The van der Waals surface area contributed by atoms with Crippen LogP contribution in [0.2, 0.25) is 0 Å². The average Bonchev–Trinajstić information content (AvgIpc) is 3.45. The molecule has 0 bridgehead atoms. The summed E-state index contributed by atoms with van der Waals surface area (Å²) in [5.41, 5.74) is 9.53. The van der Waals surface area contributed by atoms with E-state index in [1.54, 1.807) is 11.4 Å². The van der Waals surface area contributed by atoms with Gasteiger partial charge < -0.3 is 11.1 Å². The number of anilines is 1. The molecule has 5 rings (SSSR count). The predicted octanol–water partition coefficient (Wildman–Crippen LogP) is 4.27. The Labute approximate surface area is 211 Å². The summed E-state index contributed by atoms with van der Waals surface area (Å²) in [6, 6.07) is 7.22. The Balaban J connectivity index is 1.50. The lowest BCUT2D eigenvalue weighted by Gasteiger charge is -2.29. The standard InChI is InChI=1S/C25H25FN8OS/c1-14-20(12-30-34(14)19-5-3-18(4-6-19)31-15(2)35)16-9-22(24-17(10-27)11-29-33(24)13-16)36-25-21(26)7-8-23(28)32-25/h7-9,11-13,18-19H,3-6H2,1-2H3,(H2,28,32)(H,31,35)/t18-,19+. The van der Waals surface area contributed by atoms with Crippen LogP contribution in [0.3, 0.4) is 0 Å². The molecular formula is C25H25FN8OS. The lowest BCUT2D eigenvalue weighted by Crippen LogP contribution is -2.36. The number of nitriles is 1. The number of nitrogens with one attached hydrogen (secondary N) is 1. The first kappa shape index (κ1) is 23.8. The summed E-state index contributed by atoms with van der Waals surface area (Å²) in [7, 11) is 0. The first-order valence-corrected chi connectivity index (χ1v) is 12.5. The quantitative estimate of drug-likeness (QED) is 0.416. The summed E-state index contributed by atoms with van der Waals surface area (Å²) in [5, 5.41) is 21.8. The summed E-state index contributed by atoms with van der Waals surface area (Å²) in [4.78, 5) is 16.2. The number of rotatable bonds is 5. The van der Waals surface area contributed by atoms with Crippen molar-refractivity contribution in [1.29, 1.82) is 5.26 Å². The van der Waals surface area contributed by atoms with Gasteiger partial charge in [0, 0.05) is 40.9 Å². The third-order valence-electron chi connectivity index (χ3n) is 6.54. The highest BCUT2D eigenvalue weighted by molar-refractivity contribution is 7.99. The van der Waals surface area contributed by atoms with E-state index >= 15 is 0 Å². The molecule has 1 amide bonds. The molecule has 0 spiro atoms. The van der Waals surface area contributed by atoms with Gasteiger partial charge in [0.1, 0.15) is 16.9 Å². The SMILES string of the molecule is CC(=O)N[C@H]1CC[C@@H](n2ncc(-c3cc(Sc4nc(N)ccc4F)c4c(C#N)cnn4c3)c2C)CC1. The molecule has 9 nitrogen and oxygen atoms in total. The maximum Gasteiger partial charge on any atom is 0.217 e. The van der Waals surface area contributed by atoms with Crippen LogP contribution in [0.25, 0.3) is 16.6 Å². The van der Waals surface area contributed by atoms with Crippen molar-refractivity contribution in [3.05, 3.63) is 53.9 Å². The third kappa shape index (κ3) is 4.52. The maximum absolute atomic E-state index is 14.5. The van der Waals surface area contributed by atoms with E-state index in [9.17, 15) is 14.4 Å². The molecule has 0 unspecified atom stereocenters. The van der Waals surface area contributed by atoms with E-state index in [2.05, 4.69) is 26.2 Å². The zero-order chi connectivity index (χ0) is 25.4. The maximum atomic E-state index is 14.5. The van der Waals surface area contributed by atoms with Gasteiger partial charge in [-0.1, -0.05) is 11.8 Å². The second kappa shape index (κ2) is 9.62. The van der Waals surface area contributed by atoms with Crippen LogP contribution in [-0.2, 0) is 4.79 Å². The van der Waals surface area contributed by atoms with Gasteiger partial charge in [-0.25, -0.2) is 13.9 Å². The van der Waals surface area contributed by atoms with Crippen LogP contribution in [0, 0.1) is 24.1 Å². The minimum atomic E-state index is -0.491. The summed E-state index contributed by atoms with van der Waals surface area (Å²) < 4.78 is 18.2. The highest BCUT2D eigenvalue weighted by atomic mass is 32.2. The second-order valence-corrected chi connectivity index (χ2v) is 10.0. The Morgan fingerprint density at radius 2 is 2.03 bits per heavy atom. The van der Waals surface area contributed by atoms with Crippen molar-refractivity contribution in [2.24, 2.45) is 0 Å². The van der Waals surface area contributed by atoms with Gasteiger partial charge in [0.25, 0.3) is 0 Å². The Hall–Kier alpha value is -3.91. The summed E-state index contributed by atoms with van der Waals surface area (Å²) >= 11 is 1.11. The molecule has 0 radical (unpaired) electrons. The van der Waals surface area contributed by atoms with E-state index in [-0.39, 0.29) is 28.8 Å². The van der Waals surface area contributed by atoms with Crippen molar-refractivity contribution in [2.75, 3.05) is 5.73 Å². The average molecular weight is 505 g/mol. The van der Waals surface area contributed by atoms with Gasteiger partial charge in [-0.05, 0) is 50.8 Å². The number of nitrogens with zero attached hydrogens (tertiary/aromatic N) is 6. The van der Waals surface area contributed by atoms with Crippen molar-refractivity contribution >= 4 is 29.0 Å². The monoisotopic (exact) mass is 504 g/mol. The molecule has 184 valence electrons. The Morgan fingerprint density at radius 1 is 1.25 bits per heavy atom. The Kier molecular flexibility index (Phi) is 6.36. The van der Waals surface area contributed by atoms with Crippen LogP contribution in [-0.4, -0.2) is 36.3 Å². The van der Waals surface area contributed by atoms with E-state index < -0.39 is 5.82 Å². The number of fused-ring (bicyclic) bond motifs is 1. The first-order chi connectivity index (χ1) is 17.3. The Morgan fingerprint density at radius 3 is 2.75 bits per heavy atom. The molecule has 1 aliphatic rings. The van der Waals surface area contributed by atoms with Gasteiger partial charge in [0.05, 0.1) is 29.5 Å². The van der Waals surface area contributed by atoms with Crippen LogP contribution >= 0.6 is 11.8 Å². The van der Waals surface area contributed by atoms with E-state index in [1.807, 2.05) is 25.4 Å². The van der Waals surface area contributed by atoms with Crippen LogP contribution in [0.4, 0.5) is 10.2 Å². The molecule has 1 fully saturated rings. The van der Waals surface area contributed by atoms with Crippen LogP contribution < -0.4 is 11.1 Å². The number of carbonyl (C=O) groups excluding carboxylic acids is 1. The zero-order valence-corrected chi connectivity index (χ0v) is 20.7. The van der Waals surface area contributed by atoms with Crippen LogP contribution in [0.15, 0.2) is 46.7 Å². The molecule has 4 aromatic heterocycles. The van der Waals surface area contributed by atoms with Crippen molar-refractivity contribution < 1.29 is 9.18 Å². The molecule has 0 aliphatic heterocycles. The minimum Gasteiger partial charge on any atom is -0.384 e. The van der Waals surface area contributed by atoms with Gasteiger partial charge in [0.2, 0.25) is 5.91 Å². The molecule has 36 heavy (non-hydrogen) atoms. The van der Waals surface area contributed by atoms with E-state index in [0.29, 0.717) is 16.0 Å². The van der Waals surface area contributed by atoms with Gasteiger partial charge in [-0.2, -0.15) is 15.5 Å². The number of carbonyl (C=O) groups is 1. The number of nitrogen functional groups attached to an aromatic ring is 1. The summed E-state index contributed by atoms with van der Waals surface area (Å²) in [6.45, 7) is 3.58. The van der Waals surface area contributed by atoms with E-state index in [4.69, 9.17) is 10.8 Å². The topological polar surface area (TPSA) is 127 Å². The van der Waals surface area contributed by atoms with Gasteiger partial charge in [0.15, 0.2) is 5.82 Å². The lowest BCUT2D eigenvalue weighted by atomic mass is 9.91. The molecular weight excluding hydrogens is 479 g/mol. The number of aromatic nitrogens is 5. The third-order valence-corrected chi connectivity index (χ3v) is 7.56. The fourth-order valence-electron chi connectivity index (χ4n) is 4.83. The molecule has 4 aromatic rings. The molecule has 3 N–H and O–H groups in total. The Bertz CT molecular complexity index is 1500. The van der Waals surface area contributed by atoms with Gasteiger partial charge in [-0.3, -0.25) is 9.48 Å². The summed E-state index contributed by atoms with van der Waals surface area (Å²) in [6.07, 6.45) is 8.86. The molecule has 4 heterocycles. The van der Waals surface area contributed by atoms with Crippen LogP contribution in [0.5, 0.6) is 0 Å². The molecule has 0 saturated heterocycles. The van der Waals surface area contributed by atoms with E-state index in [1.165, 1.54) is 18.3 Å². The van der Waals surface area contributed by atoms with Crippen molar-refractivity contribution in [3.8, 4) is 17.2 Å². The van der Waals surface area contributed by atoms with Crippen molar-refractivity contribution in [2.45, 2.75) is 61.5 Å². The molecule has 1 aliphatic carbocycles. The van der Waals surface area contributed by atoms with Crippen LogP contribution in [0.1, 0.15) is 49.9 Å². The fraction of sp³-hybridized carbons (Fsp3) is 0.320. The number of hydrogen-bond acceptors (Lipinski definition) is 7. The second-order valence-electron chi connectivity index (χ2n) is 8.98. The van der Waals surface area contributed by atoms with Crippen molar-refractivity contribution in [1.82, 2.24) is 29.7 Å². The van der Waals surface area contributed by atoms with E-state index in [0.717, 1.165) is 54.3 Å². The fourth-order valence-corrected chi connectivity index (χ4v) is 5.84. The number of nitrogens with two attached hydrogens (primary N) is 1. The largest absolute Gasteiger partial charge is 0.384 e. The molecule has 0 aromatic carbocycles. The lowest BCUT2D eigenvalue weighted by molar-refractivity contribution is -0.119. The van der Waals surface area contributed by atoms with Gasteiger partial charge >= 0.3 is 0 Å². The molecule has 0 atom stereocenters. The molecule has 1 saturated carbocycles. The van der Waals surface area contributed by atoms with Gasteiger partial charge in [-0.15, -0.1) is 0 Å². The number of pyridine rings is 2. The normalized spacial score (nSPS) is 17.7. The highest BCUT2D eigenvalue weighted by Crippen LogP contribution is 2.38.